The van der Waals surface area contributed by atoms with Crippen molar-refractivity contribution in [2.75, 3.05) is 19.3 Å². The fourth-order valence-corrected chi connectivity index (χ4v) is 3.45. The van der Waals surface area contributed by atoms with Gasteiger partial charge < -0.3 is 0 Å². The van der Waals surface area contributed by atoms with E-state index in [1.165, 1.54) is 25.2 Å². The van der Waals surface area contributed by atoms with Crippen LogP contribution in [0.2, 0.25) is 0 Å². The molecule has 1 aromatic carbocycles. The minimum absolute atomic E-state index is 0.0293. The van der Waals surface area contributed by atoms with Crippen molar-refractivity contribution in [3.63, 3.8) is 0 Å². The van der Waals surface area contributed by atoms with E-state index in [4.69, 9.17) is 5.26 Å². The molecule has 7 nitrogen and oxygen atoms in total. The third-order valence-corrected chi connectivity index (χ3v) is 5.55. The second kappa shape index (κ2) is 6.32. The third-order valence-electron chi connectivity index (χ3n) is 2.58. The van der Waals surface area contributed by atoms with Crippen molar-refractivity contribution in [2.24, 2.45) is 0 Å². The lowest BCUT2D eigenvalue weighted by atomic mass is 10.2. The molecule has 0 aliphatic rings. The predicted octanol–water partition coefficient (Wildman–Crippen LogP) is -0.306. The van der Waals surface area contributed by atoms with Crippen molar-refractivity contribution in [1.29, 1.82) is 5.26 Å². The summed E-state index contributed by atoms with van der Waals surface area (Å²) in [5.74, 6) is -0.361. The highest BCUT2D eigenvalue weighted by Gasteiger charge is 2.18. The predicted molar refractivity (Wildman–Crippen MR) is 73.9 cm³/mol. The van der Waals surface area contributed by atoms with Gasteiger partial charge in [0.1, 0.15) is 0 Å². The van der Waals surface area contributed by atoms with Gasteiger partial charge in [-0.2, -0.15) is 5.26 Å². The Morgan fingerprint density at radius 1 is 1.25 bits per heavy atom. The number of hydrogen-bond donors (Lipinski definition) is 2. The molecule has 0 bridgehead atoms. The van der Waals surface area contributed by atoms with Gasteiger partial charge in [0.05, 0.1) is 22.3 Å². The highest BCUT2D eigenvalue weighted by Crippen LogP contribution is 2.16. The van der Waals surface area contributed by atoms with Crippen molar-refractivity contribution < 1.29 is 16.8 Å². The molecule has 0 fully saturated rings. The SMILES string of the molecule is CNS(=O)(=O)CCNS(=O)(=O)c1cc(C#N)ccc1C. The molecule has 110 valence electrons. The van der Waals surface area contributed by atoms with E-state index in [1.54, 1.807) is 6.92 Å². The van der Waals surface area contributed by atoms with Crippen LogP contribution >= 0.6 is 0 Å². The minimum Gasteiger partial charge on any atom is -0.218 e. The molecule has 0 aliphatic carbocycles. The van der Waals surface area contributed by atoms with E-state index in [-0.39, 0.29) is 22.8 Å². The lowest BCUT2D eigenvalue weighted by Gasteiger charge is -2.09. The first-order chi connectivity index (χ1) is 9.22. The van der Waals surface area contributed by atoms with Gasteiger partial charge in [-0.3, -0.25) is 0 Å². The number of nitrogens with zero attached hydrogens (tertiary/aromatic N) is 1. The highest BCUT2D eigenvalue weighted by atomic mass is 32.2. The minimum atomic E-state index is -3.85. The first-order valence-corrected chi connectivity index (χ1v) is 8.77. The van der Waals surface area contributed by atoms with Crippen molar-refractivity contribution in [3.05, 3.63) is 29.3 Å². The van der Waals surface area contributed by atoms with E-state index < -0.39 is 20.0 Å². The van der Waals surface area contributed by atoms with E-state index in [1.807, 2.05) is 6.07 Å². The van der Waals surface area contributed by atoms with Gasteiger partial charge >= 0.3 is 0 Å². The zero-order valence-corrected chi connectivity index (χ0v) is 12.7. The zero-order valence-electron chi connectivity index (χ0n) is 11.0. The molecule has 0 atom stereocenters. The number of nitriles is 1. The number of benzene rings is 1. The molecule has 0 radical (unpaired) electrons. The van der Waals surface area contributed by atoms with Gasteiger partial charge in [-0.25, -0.2) is 26.3 Å². The summed E-state index contributed by atoms with van der Waals surface area (Å²) in [5.41, 5.74) is 0.701. The molecule has 0 heterocycles. The monoisotopic (exact) mass is 317 g/mol. The van der Waals surface area contributed by atoms with Crippen LogP contribution in [0.15, 0.2) is 23.1 Å². The van der Waals surface area contributed by atoms with Gasteiger partial charge in [-0.15, -0.1) is 0 Å². The molecule has 0 unspecified atom stereocenters. The maximum atomic E-state index is 12.1. The second-order valence-corrected chi connectivity index (χ2v) is 7.79. The number of aryl methyl sites for hydroxylation is 1. The quantitative estimate of drug-likeness (QED) is 0.747. The Morgan fingerprint density at radius 2 is 1.90 bits per heavy atom. The van der Waals surface area contributed by atoms with E-state index in [0.29, 0.717) is 5.56 Å². The van der Waals surface area contributed by atoms with Crippen LogP contribution < -0.4 is 9.44 Å². The Bertz CT molecular complexity index is 733. The molecule has 9 heteroatoms. The molecule has 20 heavy (non-hydrogen) atoms. The number of nitrogens with one attached hydrogen (secondary N) is 2. The number of hydrogen-bond acceptors (Lipinski definition) is 5. The van der Waals surface area contributed by atoms with Gasteiger partial charge in [0.2, 0.25) is 20.0 Å². The average Bonchev–Trinajstić information content (AvgIpc) is 2.38. The van der Waals surface area contributed by atoms with Crippen LogP contribution in [0.4, 0.5) is 0 Å². The second-order valence-electron chi connectivity index (χ2n) is 4.01. The Hall–Kier alpha value is -1.47. The van der Waals surface area contributed by atoms with E-state index in [0.717, 1.165) is 0 Å². The first-order valence-electron chi connectivity index (χ1n) is 5.63. The normalized spacial score (nSPS) is 12.1. The Balaban J connectivity index is 2.93. The van der Waals surface area contributed by atoms with Crippen LogP contribution in [0.3, 0.4) is 0 Å². The van der Waals surface area contributed by atoms with Gasteiger partial charge in [0.25, 0.3) is 0 Å². The zero-order chi connectivity index (χ0) is 15.4. The third kappa shape index (κ3) is 4.28. The number of sulfonamides is 2. The fraction of sp³-hybridized carbons (Fsp3) is 0.364. The summed E-state index contributed by atoms with van der Waals surface area (Å²) in [6, 6.07) is 6.15. The summed E-state index contributed by atoms with van der Waals surface area (Å²) < 4.78 is 50.8. The highest BCUT2D eigenvalue weighted by molar-refractivity contribution is 7.90. The van der Waals surface area contributed by atoms with Gasteiger partial charge in [0, 0.05) is 6.54 Å². The summed E-state index contributed by atoms with van der Waals surface area (Å²) in [7, 11) is -6.07. The fourth-order valence-electron chi connectivity index (χ4n) is 1.45. The van der Waals surface area contributed by atoms with Crippen molar-refractivity contribution in [2.45, 2.75) is 11.8 Å². The number of rotatable bonds is 6. The Kier molecular flexibility index (Phi) is 5.24. The van der Waals surface area contributed by atoms with E-state index in [2.05, 4.69) is 9.44 Å². The lowest BCUT2D eigenvalue weighted by molar-refractivity contribution is 0.578. The molecule has 0 saturated heterocycles. The molecule has 0 spiro atoms. The standard InChI is InChI=1S/C11H15N3O4S2/c1-9-3-4-10(8-12)7-11(9)20(17,18)14-5-6-19(15,16)13-2/h3-4,7,13-14H,5-6H2,1-2H3. The molecular formula is C11H15N3O4S2. The Labute approximate surface area is 118 Å². The van der Waals surface area contributed by atoms with Gasteiger partial charge in [0.15, 0.2) is 0 Å². The van der Waals surface area contributed by atoms with Crippen LogP contribution in [0.25, 0.3) is 0 Å². The molecule has 1 aromatic rings. The van der Waals surface area contributed by atoms with Crippen LogP contribution in [0, 0.1) is 18.3 Å². The largest absolute Gasteiger partial charge is 0.240 e. The van der Waals surface area contributed by atoms with E-state index >= 15 is 0 Å². The van der Waals surface area contributed by atoms with E-state index in [9.17, 15) is 16.8 Å². The van der Waals surface area contributed by atoms with Crippen molar-refractivity contribution >= 4 is 20.0 Å². The van der Waals surface area contributed by atoms with Crippen LogP contribution in [-0.4, -0.2) is 36.2 Å². The molecule has 0 amide bonds. The van der Waals surface area contributed by atoms with Crippen molar-refractivity contribution in [1.82, 2.24) is 9.44 Å². The maximum absolute atomic E-state index is 12.1. The summed E-state index contributed by atoms with van der Waals surface area (Å²) in [5, 5.41) is 8.78. The summed E-state index contributed by atoms with van der Waals surface area (Å²) in [4.78, 5) is -0.0293. The first kappa shape index (κ1) is 16.6. The van der Waals surface area contributed by atoms with Crippen LogP contribution in [0.5, 0.6) is 0 Å². The van der Waals surface area contributed by atoms with Gasteiger partial charge in [-0.1, -0.05) is 6.07 Å². The molecule has 0 aromatic heterocycles. The molecule has 2 N–H and O–H groups in total. The molecule has 0 saturated carbocycles. The topological polar surface area (TPSA) is 116 Å². The Morgan fingerprint density at radius 3 is 2.45 bits per heavy atom. The van der Waals surface area contributed by atoms with Crippen LogP contribution in [0.1, 0.15) is 11.1 Å². The summed E-state index contributed by atoms with van der Waals surface area (Å²) in [6.07, 6.45) is 0. The average molecular weight is 317 g/mol. The van der Waals surface area contributed by atoms with Gasteiger partial charge in [-0.05, 0) is 31.7 Å². The van der Waals surface area contributed by atoms with Crippen LogP contribution in [-0.2, 0) is 20.0 Å². The lowest BCUT2D eigenvalue weighted by Crippen LogP contribution is -2.33. The molecule has 1 rings (SSSR count). The smallest absolute Gasteiger partial charge is 0.218 e. The molecule has 0 aliphatic heterocycles. The molecular weight excluding hydrogens is 302 g/mol. The summed E-state index contributed by atoms with van der Waals surface area (Å²) in [6.45, 7) is 1.35. The van der Waals surface area contributed by atoms with Crippen molar-refractivity contribution in [3.8, 4) is 6.07 Å². The summed E-state index contributed by atoms with van der Waals surface area (Å²) >= 11 is 0. The maximum Gasteiger partial charge on any atom is 0.240 e.